The molecule has 2 aromatic carbocycles. The Morgan fingerprint density at radius 1 is 0.872 bits per heavy atom. The minimum Gasteiger partial charge on any atom is -0.497 e. The summed E-state index contributed by atoms with van der Waals surface area (Å²) in [6.45, 7) is 5.38. The molecule has 3 N–H and O–H groups in total. The van der Waals surface area contributed by atoms with E-state index in [1.807, 2.05) is 42.5 Å². The summed E-state index contributed by atoms with van der Waals surface area (Å²) in [4.78, 5) is 27.8. The molecule has 0 atom stereocenters. The maximum absolute atomic E-state index is 12.0. The van der Waals surface area contributed by atoms with Gasteiger partial charge in [-0.3, -0.25) is 4.79 Å². The first-order valence-electron chi connectivity index (χ1n) is 12.9. The van der Waals surface area contributed by atoms with Crippen LogP contribution in [-0.4, -0.2) is 93.8 Å². The monoisotopic (exact) mass is 537 g/mol. The fourth-order valence-corrected chi connectivity index (χ4v) is 3.69. The van der Waals surface area contributed by atoms with E-state index in [-0.39, 0.29) is 5.91 Å². The van der Waals surface area contributed by atoms with Crippen molar-refractivity contribution in [3.05, 3.63) is 60.2 Å². The predicted octanol–water partition coefficient (Wildman–Crippen LogP) is 2.34. The number of rotatable bonds is 15. The number of methoxy groups -OCH3 is 1. The number of anilines is 4. The minimum atomic E-state index is -0.112. The number of carbonyl (C=O) groups excluding carboxylic acids is 1. The van der Waals surface area contributed by atoms with Crippen molar-refractivity contribution in [2.75, 3.05) is 88.5 Å². The zero-order chi connectivity index (χ0) is 27.1. The standard InChI is InChI=1S/C27H35N7O5/c1-36-23-9-7-22(8-10-23)30-26-31-25(32-27(33-26)34-13-17-39-18-14-34)29-12-16-38-20-19-37-15-11-28-24(35)21-5-3-2-4-6-21/h2-10H,11-20H2,1H3,(H,28,35)(H2,29,30,31,32,33). The number of morpholine rings is 1. The Hall–Kier alpha value is -4.00. The van der Waals surface area contributed by atoms with Crippen molar-refractivity contribution >= 4 is 29.4 Å². The van der Waals surface area contributed by atoms with E-state index in [2.05, 4.69) is 35.8 Å². The Morgan fingerprint density at radius 2 is 1.56 bits per heavy atom. The smallest absolute Gasteiger partial charge is 0.251 e. The lowest BCUT2D eigenvalue weighted by Crippen LogP contribution is -2.37. The lowest BCUT2D eigenvalue weighted by Gasteiger charge is -2.27. The summed E-state index contributed by atoms with van der Waals surface area (Å²) >= 11 is 0. The normalized spacial score (nSPS) is 13.1. The molecule has 1 aliphatic heterocycles. The molecule has 4 rings (SSSR count). The Labute approximate surface area is 228 Å². The summed E-state index contributed by atoms with van der Waals surface area (Å²) < 4.78 is 21.9. The van der Waals surface area contributed by atoms with Crippen LogP contribution in [0.4, 0.5) is 23.5 Å². The molecule has 3 aromatic rings. The first kappa shape index (κ1) is 28.0. The van der Waals surface area contributed by atoms with Gasteiger partial charge in [0.05, 0.1) is 46.8 Å². The number of benzene rings is 2. The van der Waals surface area contributed by atoms with Gasteiger partial charge in [-0.15, -0.1) is 0 Å². The van der Waals surface area contributed by atoms with Gasteiger partial charge in [0, 0.05) is 37.4 Å². The third-order valence-electron chi connectivity index (χ3n) is 5.73. The van der Waals surface area contributed by atoms with E-state index in [1.165, 1.54) is 0 Å². The number of ether oxygens (including phenoxy) is 4. The molecule has 1 aliphatic rings. The van der Waals surface area contributed by atoms with Gasteiger partial charge in [-0.05, 0) is 36.4 Å². The molecule has 1 amide bonds. The molecule has 1 aromatic heterocycles. The van der Waals surface area contributed by atoms with Crippen molar-refractivity contribution in [3.63, 3.8) is 0 Å². The van der Waals surface area contributed by atoms with Gasteiger partial charge in [0.2, 0.25) is 17.8 Å². The number of amides is 1. The second-order valence-electron chi connectivity index (χ2n) is 8.51. The van der Waals surface area contributed by atoms with Gasteiger partial charge < -0.3 is 39.8 Å². The quantitative estimate of drug-likeness (QED) is 0.247. The Balaban J connectivity index is 1.18. The zero-order valence-electron chi connectivity index (χ0n) is 22.1. The molecule has 1 saturated heterocycles. The van der Waals surface area contributed by atoms with Crippen LogP contribution in [0.3, 0.4) is 0 Å². The van der Waals surface area contributed by atoms with Crippen LogP contribution in [0, 0.1) is 0 Å². The van der Waals surface area contributed by atoms with Crippen LogP contribution in [0.25, 0.3) is 0 Å². The first-order chi connectivity index (χ1) is 19.2. The summed E-state index contributed by atoms with van der Waals surface area (Å²) in [7, 11) is 1.63. The number of hydrogen-bond donors (Lipinski definition) is 3. The Kier molecular flexibility index (Phi) is 11.1. The van der Waals surface area contributed by atoms with Crippen LogP contribution in [0.1, 0.15) is 10.4 Å². The highest BCUT2D eigenvalue weighted by Gasteiger charge is 2.17. The van der Waals surface area contributed by atoms with Crippen molar-refractivity contribution in [1.82, 2.24) is 20.3 Å². The fraction of sp³-hybridized carbons (Fsp3) is 0.407. The number of hydrogen-bond acceptors (Lipinski definition) is 11. The Bertz CT molecular complexity index is 1150. The van der Waals surface area contributed by atoms with Gasteiger partial charge in [-0.25, -0.2) is 0 Å². The van der Waals surface area contributed by atoms with Crippen molar-refractivity contribution in [2.45, 2.75) is 0 Å². The third kappa shape index (κ3) is 9.36. The highest BCUT2D eigenvalue weighted by Crippen LogP contribution is 2.20. The predicted molar refractivity (Wildman–Crippen MR) is 148 cm³/mol. The van der Waals surface area contributed by atoms with Crippen LogP contribution < -0.4 is 25.6 Å². The number of nitrogens with one attached hydrogen (secondary N) is 3. The van der Waals surface area contributed by atoms with E-state index in [1.54, 1.807) is 19.2 Å². The molecule has 0 bridgehead atoms. The molecule has 208 valence electrons. The summed E-state index contributed by atoms with van der Waals surface area (Å²) in [5, 5.41) is 9.28. The number of nitrogens with zero attached hydrogens (tertiary/aromatic N) is 4. The van der Waals surface area contributed by atoms with E-state index >= 15 is 0 Å². The minimum absolute atomic E-state index is 0.112. The SMILES string of the molecule is COc1ccc(Nc2nc(NCCOCCOCCNC(=O)c3ccccc3)nc(N3CCOCC3)n2)cc1. The number of aromatic nitrogens is 3. The van der Waals surface area contributed by atoms with Crippen molar-refractivity contribution in [2.24, 2.45) is 0 Å². The molecule has 0 unspecified atom stereocenters. The highest BCUT2D eigenvalue weighted by atomic mass is 16.5. The molecule has 12 heteroatoms. The molecule has 0 radical (unpaired) electrons. The second kappa shape index (κ2) is 15.4. The van der Waals surface area contributed by atoms with Gasteiger partial charge in [0.25, 0.3) is 5.91 Å². The van der Waals surface area contributed by atoms with E-state index in [4.69, 9.17) is 18.9 Å². The van der Waals surface area contributed by atoms with Gasteiger partial charge in [-0.1, -0.05) is 18.2 Å². The van der Waals surface area contributed by atoms with Gasteiger partial charge in [0.1, 0.15) is 5.75 Å². The lowest BCUT2D eigenvalue weighted by atomic mass is 10.2. The fourth-order valence-electron chi connectivity index (χ4n) is 3.69. The van der Waals surface area contributed by atoms with Crippen molar-refractivity contribution in [1.29, 1.82) is 0 Å². The van der Waals surface area contributed by atoms with Crippen LogP contribution in [0.15, 0.2) is 54.6 Å². The molecule has 1 fully saturated rings. The largest absolute Gasteiger partial charge is 0.497 e. The molecule has 12 nitrogen and oxygen atoms in total. The van der Waals surface area contributed by atoms with E-state index in [9.17, 15) is 4.79 Å². The topological polar surface area (TPSA) is 132 Å². The average molecular weight is 538 g/mol. The van der Waals surface area contributed by atoms with Crippen LogP contribution in [0.2, 0.25) is 0 Å². The zero-order valence-corrected chi connectivity index (χ0v) is 22.1. The van der Waals surface area contributed by atoms with E-state index < -0.39 is 0 Å². The summed E-state index contributed by atoms with van der Waals surface area (Å²) in [5.74, 6) is 2.14. The molecule has 0 aliphatic carbocycles. The van der Waals surface area contributed by atoms with Crippen LogP contribution in [-0.2, 0) is 14.2 Å². The summed E-state index contributed by atoms with van der Waals surface area (Å²) in [5.41, 5.74) is 1.47. The molecule has 2 heterocycles. The first-order valence-corrected chi connectivity index (χ1v) is 12.9. The van der Waals surface area contributed by atoms with E-state index in [0.717, 1.165) is 11.4 Å². The molecular weight excluding hydrogens is 502 g/mol. The molecular formula is C27H35N7O5. The van der Waals surface area contributed by atoms with Crippen LogP contribution >= 0.6 is 0 Å². The van der Waals surface area contributed by atoms with E-state index in [0.29, 0.717) is 89.2 Å². The summed E-state index contributed by atoms with van der Waals surface area (Å²) in [6.07, 6.45) is 0. The maximum Gasteiger partial charge on any atom is 0.251 e. The third-order valence-corrected chi connectivity index (χ3v) is 5.73. The van der Waals surface area contributed by atoms with Crippen LogP contribution in [0.5, 0.6) is 5.75 Å². The average Bonchev–Trinajstić information content (AvgIpc) is 2.99. The molecule has 0 spiro atoms. The van der Waals surface area contributed by atoms with Gasteiger partial charge >= 0.3 is 0 Å². The van der Waals surface area contributed by atoms with Gasteiger partial charge in [-0.2, -0.15) is 15.0 Å². The molecule has 39 heavy (non-hydrogen) atoms. The van der Waals surface area contributed by atoms with Crippen molar-refractivity contribution in [3.8, 4) is 5.75 Å². The summed E-state index contributed by atoms with van der Waals surface area (Å²) in [6, 6.07) is 16.6. The second-order valence-corrected chi connectivity index (χ2v) is 8.51. The highest BCUT2D eigenvalue weighted by molar-refractivity contribution is 5.94. The molecule has 0 saturated carbocycles. The lowest BCUT2D eigenvalue weighted by molar-refractivity contribution is 0.0519. The van der Waals surface area contributed by atoms with Gasteiger partial charge in [0.15, 0.2) is 0 Å². The maximum atomic E-state index is 12.0. The Morgan fingerprint density at radius 3 is 2.28 bits per heavy atom. The van der Waals surface area contributed by atoms with Crippen molar-refractivity contribution < 1.29 is 23.7 Å². The number of carbonyl (C=O) groups is 1.